The minimum absolute atomic E-state index is 0.192. The average Bonchev–Trinajstić information content (AvgIpc) is 2.89. The Bertz CT molecular complexity index is 648. The second-order valence-electron chi connectivity index (χ2n) is 3.87. The van der Waals surface area contributed by atoms with Crippen LogP contribution in [0.25, 0.3) is 0 Å². The van der Waals surface area contributed by atoms with Crippen LogP contribution in [0.2, 0.25) is 0 Å². The van der Waals surface area contributed by atoms with Crippen LogP contribution in [0, 0.1) is 0 Å². The lowest BCUT2D eigenvalue weighted by Gasteiger charge is -2.07. The van der Waals surface area contributed by atoms with E-state index >= 15 is 0 Å². The molecule has 1 aliphatic heterocycles. The van der Waals surface area contributed by atoms with Crippen LogP contribution in [-0.2, 0) is 0 Å². The Morgan fingerprint density at radius 1 is 1.15 bits per heavy atom. The summed E-state index contributed by atoms with van der Waals surface area (Å²) < 4.78 is 11.2. The molecule has 0 unspecified atom stereocenters. The predicted octanol–water partition coefficient (Wildman–Crippen LogP) is 2.61. The number of amides is 2. The number of carbonyl (C=O) groups is 1. The van der Waals surface area contributed by atoms with E-state index in [1.807, 2.05) is 0 Å². The molecule has 2 heterocycles. The zero-order chi connectivity index (χ0) is 13.9. The maximum Gasteiger partial charge on any atom is 0.326 e. The third kappa shape index (κ3) is 2.80. The van der Waals surface area contributed by atoms with Crippen LogP contribution in [-0.4, -0.2) is 22.8 Å². The monoisotopic (exact) mass is 336 g/mol. The van der Waals surface area contributed by atoms with E-state index in [0.29, 0.717) is 17.2 Å². The number of aromatic nitrogens is 2. The Hall–Kier alpha value is -2.35. The van der Waals surface area contributed by atoms with Gasteiger partial charge in [-0.2, -0.15) is 0 Å². The van der Waals surface area contributed by atoms with E-state index in [1.165, 1.54) is 0 Å². The highest BCUT2D eigenvalue weighted by Crippen LogP contribution is 2.34. The molecular weight excluding hydrogens is 328 g/mol. The lowest BCUT2D eigenvalue weighted by atomic mass is 10.3. The van der Waals surface area contributed by atoms with E-state index < -0.39 is 6.03 Å². The number of halogens is 1. The van der Waals surface area contributed by atoms with Crippen molar-refractivity contribution in [2.75, 3.05) is 17.4 Å². The Labute approximate surface area is 122 Å². The van der Waals surface area contributed by atoms with E-state index in [1.54, 1.807) is 30.6 Å². The second kappa shape index (κ2) is 5.33. The highest BCUT2D eigenvalue weighted by molar-refractivity contribution is 9.10. The number of ether oxygens (including phenoxy) is 2. The molecule has 3 rings (SSSR count). The molecule has 0 saturated carbocycles. The minimum Gasteiger partial charge on any atom is -0.454 e. The zero-order valence-corrected chi connectivity index (χ0v) is 11.7. The summed E-state index contributed by atoms with van der Waals surface area (Å²) in [5.74, 6) is 1.47. The number of anilines is 2. The predicted molar refractivity (Wildman–Crippen MR) is 74.9 cm³/mol. The molecule has 1 aromatic carbocycles. The van der Waals surface area contributed by atoms with Gasteiger partial charge < -0.3 is 14.8 Å². The quantitative estimate of drug-likeness (QED) is 0.880. The van der Waals surface area contributed by atoms with Crippen molar-refractivity contribution in [3.63, 3.8) is 0 Å². The minimum atomic E-state index is -0.439. The summed E-state index contributed by atoms with van der Waals surface area (Å²) in [4.78, 5) is 19.7. The van der Waals surface area contributed by atoms with Gasteiger partial charge in [-0.3, -0.25) is 5.32 Å². The molecule has 0 radical (unpaired) electrons. The van der Waals surface area contributed by atoms with Crippen LogP contribution in [0.1, 0.15) is 0 Å². The lowest BCUT2D eigenvalue weighted by molar-refractivity contribution is 0.174. The van der Waals surface area contributed by atoms with Crippen molar-refractivity contribution in [2.45, 2.75) is 0 Å². The number of nitrogens with one attached hydrogen (secondary N) is 2. The number of rotatable bonds is 2. The number of nitrogens with zero attached hydrogens (tertiary/aromatic N) is 2. The molecule has 1 aliphatic rings. The Morgan fingerprint density at radius 3 is 2.70 bits per heavy atom. The highest BCUT2D eigenvalue weighted by Gasteiger charge is 2.14. The standard InChI is InChI=1S/C12H9BrN4O3/c13-7-4-14-11(15-5-7)17-12(18)16-8-1-2-9-10(3-8)20-6-19-9/h1-5H,6H2,(H2,14,15,16,17,18). The summed E-state index contributed by atoms with van der Waals surface area (Å²) in [7, 11) is 0. The summed E-state index contributed by atoms with van der Waals surface area (Å²) in [5.41, 5.74) is 0.587. The van der Waals surface area contributed by atoms with Crippen molar-refractivity contribution in [1.29, 1.82) is 0 Å². The van der Waals surface area contributed by atoms with Gasteiger partial charge in [0.15, 0.2) is 11.5 Å². The number of fused-ring (bicyclic) bond motifs is 1. The first-order valence-corrected chi connectivity index (χ1v) is 6.45. The fraction of sp³-hybridized carbons (Fsp3) is 0.0833. The molecule has 2 amide bonds. The SMILES string of the molecule is O=C(Nc1ccc2c(c1)OCO2)Nc1ncc(Br)cn1. The first-order chi connectivity index (χ1) is 9.70. The molecular formula is C12H9BrN4O3. The first-order valence-electron chi connectivity index (χ1n) is 5.66. The molecule has 0 atom stereocenters. The maximum atomic E-state index is 11.8. The molecule has 0 bridgehead atoms. The Balaban J connectivity index is 1.65. The normalized spacial score (nSPS) is 12.1. The van der Waals surface area contributed by atoms with Crippen molar-refractivity contribution in [3.05, 3.63) is 35.1 Å². The summed E-state index contributed by atoms with van der Waals surface area (Å²) in [6.45, 7) is 0.192. The molecule has 0 spiro atoms. The van der Waals surface area contributed by atoms with Gasteiger partial charge in [0.05, 0.1) is 4.47 Å². The number of hydrogen-bond donors (Lipinski definition) is 2. The average molecular weight is 337 g/mol. The van der Waals surface area contributed by atoms with Crippen molar-refractivity contribution in [1.82, 2.24) is 9.97 Å². The summed E-state index contributed by atoms with van der Waals surface area (Å²) in [6, 6.07) is 4.69. The van der Waals surface area contributed by atoms with Crippen molar-refractivity contribution in [2.24, 2.45) is 0 Å². The summed E-state index contributed by atoms with van der Waals surface area (Å²) >= 11 is 3.21. The van der Waals surface area contributed by atoms with Gasteiger partial charge in [-0.25, -0.2) is 14.8 Å². The highest BCUT2D eigenvalue weighted by atomic mass is 79.9. The largest absolute Gasteiger partial charge is 0.454 e. The molecule has 0 aliphatic carbocycles. The van der Waals surface area contributed by atoms with Gasteiger partial charge in [0.25, 0.3) is 0 Å². The first kappa shape index (κ1) is 12.7. The number of hydrogen-bond acceptors (Lipinski definition) is 5. The number of urea groups is 1. The Kier molecular flexibility index (Phi) is 3.38. The fourth-order valence-electron chi connectivity index (χ4n) is 1.62. The van der Waals surface area contributed by atoms with Gasteiger partial charge in [-0.05, 0) is 28.1 Å². The molecule has 20 heavy (non-hydrogen) atoms. The van der Waals surface area contributed by atoms with Gasteiger partial charge >= 0.3 is 6.03 Å². The van der Waals surface area contributed by atoms with Crippen LogP contribution >= 0.6 is 15.9 Å². The molecule has 2 aromatic rings. The van der Waals surface area contributed by atoms with Crippen LogP contribution in [0.3, 0.4) is 0 Å². The molecule has 1 aromatic heterocycles. The van der Waals surface area contributed by atoms with Gasteiger partial charge in [0.1, 0.15) is 0 Å². The van der Waals surface area contributed by atoms with Crippen molar-refractivity contribution >= 4 is 33.6 Å². The zero-order valence-electron chi connectivity index (χ0n) is 10.1. The fourth-order valence-corrected chi connectivity index (χ4v) is 1.82. The third-order valence-corrected chi connectivity index (χ3v) is 2.89. The molecule has 102 valence electrons. The van der Waals surface area contributed by atoms with Gasteiger partial charge in [0.2, 0.25) is 12.7 Å². The smallest absolute Gasteiger partial charge is 0.326 e. The van der Waals surface area contributed by atoms with E-state index in [-0.39, 0.29) is 12.7 Å². The van der Waals surface area contributed by atoms with Crippen molar-refractivity contribution in [3.8, 4) is 11.5 Å². The maximum absolute atomic E-state index is 11.8. The molecule has 7 nitrogen and oxygen atoms in total. The lowest BCUT2D eigenvalue weighted by Crippen LogP contribution is -2.20. The van der Waals surface area contributed by atoms with E-state index in [4.69, 9.17) is 9.47 Å². The third-order valence-electron chi connectivity index (χ3n) is 2.48. The molecule has 8 heteroatoms. The van der Waals surface area contributed by atoms with Gasteiger partial charge in [-0.15, -0.1) is 0 Å². The van der Waals surface area contributed by atoms with E-state index in [9.17, 15) is 4.79 Å². The van der Waals surface area contributed by atoms with E-state index in [2.05, 4.69) is 36.5 Å². The van der Waals surface area contributed by atoms with Gasteiger partial charge in [0, 0.05) is 24.1 Å². The molecule has 0 fully saturated rings. The molecule has 0 saturated heterocycles. The topological polar surface area (TPSA) is 85.4 Å². The number of benzene rings is 1. The van der Waals surface area contributed by atoms with Crippen LogP contribution in [0.15, 0.2) is 35.1 Å². The number of carbonyl (C=O) groups excluding carboxylic acids is 1. The van der Waals surface area contributed by atoms with Gasteiger partial charge in [-0.1, -0.05) is 0 Å². The second-order valence-corrected chi connectivity index (χ2v) is 4.79. The van der Waals surface area contributed by atoms with Crippen LogP contribution in [0.4, 0.5) is 16.4 Å². The van der Waals surface area contributed by atoms with E-state index in [0.717, 1.165) is 4.47 Å². The molecule has 2 N–H and O–H groups in total. The summed E-state index contributed by atoms with van der Waals surface area (Å²) in [5, 5.41) is 5.18. The van der Waals surface area contributed by atoms with Crippen LogP contribution in [0.5, 0.6) is 11.5 Å². The van der Waals surface area contributed by atoms with Crippen LogP contribution < -0.4 is 20.1 Å². The Morgan fingerprint density at radius 2 is 1.90 bits per heavy atom. The summed E-state index contributed by atoms with van der Waals surface area (Å²) in [6.07, 6.45) is 3.09. The van der Waals surface area contributed by atoms with Crippen molar-refractivity contribution < 1.29 is 14.3 Å².